The zero-order valence-electron chi connectivity index (χ0n) is 33.5. The van der Waals surface area contributed by atoms with Crippen molar-refractivity contribution >= 4 is 11.9 Å². The molecule has 0 amide bonds. The quantitative estimate of drug-likeness (QED) is 0.0360. The highest BCUT2D eigenvalue weighted by atomic mass is 16.7. The van der Waals surface area contributed by atoms with Crippen molar-refractivity contribution in [2.24, 2.45) is 0 Å². The van der Waals surface area contributed by atoms with E-state index in [4.69, 9.17) is 18.9 Å². The minimum absolute atomic E-state index is 0.201. The lowest BCUT2D eigenvalue weighted by molar-refractivity contribution is -0.297. The van der Waals surface area contributed by atoms with E-state index in [9.17, 15) is 24.9 Å². The Labute approximate surface area is 326 Å². The molecule has 0 spiro atoms. The Bertz CT molecular complexity index is 1150. The molecule has 6 atom stereocenters. The summed E-state index contributed by atoms with van der Waals surface area (Å²) in [4.78, 5) is 25.2. The maximum Gasteiger partial charge on any atom is 0.306 e. The fourth-order valence-electron chi connectivity index (χ4n) is 5.49. The van der Waals surface area contributed by atoms with Gasteiger partial charge in [0.1, 0.15) is 24.9 Å². The second kappa shape index (κ2) is 34.4. The first-order chi connectivity index (χ1) is 26.3. The van der Waals surface area contributed by atoms with Crippen LogP contribution in [0.5, 0.6) is 0 Å². The Balaban J connectivity index is 2.38. The van der Waals surface area contributed by atoms with Crippen LogP contribution in [0.1, 0.15) is 136 Å². The van der Waals surface area contributed by atoms with Crippen LogP contribution in [0.3, 0.4) is 0 Å². The number of aliphatic hydroxyl groups excluding tert-OH is 3. The third kappa shape index (κ3) is 26.7. The minimum atomic E-state index is -1.50. The van der Waals surface area contributed by atoms with E-state index in [1.165, 1.54) is 0 Å². The molecule has 1 aliphatic rings. The van der Waals surface area contributed by atoms with Crippen LogP contribution in [0.4, 0.5) is 0 Å². The number of allylic oxidation sites excluding steroid dienone is 14. The fraction of sp³-hybridized carbons (Fsp3) is 0.644. The molecule has 1 rings (SSSR count). The van der Waals surface area contributed by atoms with Crippen LogP contribution >= 0.6 is 0 Å². The summed E-state index contributed by atoms with van der Waals surface area (Å²) in [6.45, 7) is 5.40. The normalized spacial score (nSPS) is 21.6. The smallest absolute Gasteiger partial charge is 0.306 e. The van der Waals surface area contributed by atoms with E-state index in [1.807, 2.05) is 0 Å². The molecule has 9 heteroatoms. The Hall–Kier alpha value is -3.08. The summed E-state index contributed by atoms with van der Waals surface area (Å²) in [6.07, 6.45) is 38.9. The van der Waals surface area contributed by atoms with Gasteiger partial charge < -0.3 is 34.3 Å². The number of hydrogen-bond donors (Lipinski definition) is 3. The lowest BCUT2D eigenvalue weighted by Crippen LogP contribution is -2.57. The number of unbranched alkanes of at least 4 members (excludes halogenated alkanes) is 7. The van der Waals surface area contributed by atoms with Gasteiger partial charge in [-0.1, -0.05) is 118 Å². The van der Waals surface area contributed by atoms with Gasteiger partial charge in [0.05, 0.1) is 12.7 Å². The van der Waals surface area contributed by atoms with Crippen molar-refractivity contribution in [1.82, 2.24) is 0 Å². The van der Waals surface area contributed by atoms with Crippen molar-refractivity contribution in [3.8, 4) is 0 Å². The molecule has 0 aromatic heterocycles. The van der Waals surface area contributed by atoms with Gasteiger partial charge in [-0.25, -0.2) is 0 Å². The van der Waals surface area contributed by atoms with Crippen LogP contribution in [0, 0.1) is 0 Å². The number of ether oxygens (including phenoxy) is 4. The highest BCUT2D eigenvalue weighted by Crippen LogP contribution is 2.22. The molecule has 1 saturated heterocycles. The van der Waals surface area contributed by atoms with Crippen LogP contribution in [-0.2, 0) is 28.5 Å². The molecule has 1 fully saturated rings. The topological polar surface area (TPSA) is 132 Å². The highest BCUT2D eigenvalue weighted by Gasteiger charge is 2.42. The molecule has 0 saturated carbocycles. The third-order valence-corrected chi connectivity index (χ3v) is 8.74. The number of carbonyl (C=O) groups is 2. The second-order valence-electron chi connectivity index (χ2n) is 13.7. The molecular weight excluding hydrogens is 684 g/mol. The van der Waals surface area contributed by atoms with E-state index in [0.29, 0.717) is 12.8 Å². The monoisotopic (exact) mass is 757 g/mol. The minimum Gasteiger partial charge on any atom is -0.462 e. The lowest BCUT2D eigenvalue weighted by Gasteiger charge is -2.39. The van der Waals surface area contributed by atoms with Gasteiger partial charge in [-0.05, 0) is 90.4 Å². The van der Waals surface area contributed by atoms with Crippen LogP contribution in [-0.4, -0.2) is 77.3 Å². The van der Waals surface area contributed by atoms with Crippen molar-refractivity contribution in [3.05, 3.63) is 85.1 Å². The molecule has 0 aromatic carbocycles. The third-order valence-electron chi connectivity index (χ3n) is 8.74. The molecule has 54 heavy (non-hydrogen) atoms. The summed E-state index contributed by atoms with van der Waals surface area (Å²) in [6, 6.07) is 0. The molecule has 1 aliphatic heterocycles. The summed E-state index contributed by atoms with van der Waals surface area (Å²) in [5, 5.41) is 30.4. The molecule has 306 valence electrons. The van der Waals surface area contributed by atoms with Crippen molar-refractivity contribution in [1.29, 1.82) is 0 Å². The first kappa shape index (κ1) is 48.9. The van der Waals surface area contributed by atoms with E-state index in [2.05, 4.69) is 98.9 Å². The van der Waals surface area contributed by atoms with Gasteiger partial charge in [0.2, 0.25) is 0 Å². The van der Waals surface area contributed by atoms with Gasteiger partial charge >= 0.3 is 11.9 Å². The largest absolute Gasteiger partial charge is 0.462 e. The Morgan fingerprint density at radius 1 is 0.556 bits per heavy atom. The van der Waals surface area contributed by atoms with E-state index in [0.717, 1.165) is 89.9 Å². The van der Waals surface area contributed by atoms with E-state index in [-0.39, 0.29) is 32.0 Å². The summed E-state index contributed by atoms with van der Waals surface area (Å²) in [5.41, 5.74) is 0. The average molecular weight is 757 g/mol. The second-order valence-corrected chi connectivity index (χ2v) is 13.7. The maximum atomic E-state index is 12.7. The van der Waals surface area contributed by atoms with Gasteiger partial charge in [-0.15, -0.1) is 0 Å². The van der Waals surface area contributed by atoms with Gasteiger partial charge in [0.15, 0.2) is 12.4 Å². The summed E-state index contributed by atoms with van der Waals surface area (Å²) < 4.78 is 22.2. The van der Waals surface area contributed by atoms with E-state index >= 15 is 0 Å². The van der Waals surface area contributed by atoms with Crippen LogP contribution in [0.2, 0.25) is 0 Å². The predicted molar refractivity (Wildman–Crippen MR) is 218 cm³/mol. The molecular formula is C45H72O9. The molecule has 9 nitrogen and oxygen atoms in total. The maximum absolute atomic E-state index is 12.7. The van der Waals surface area contributed by atoms with Crippen molar-refractivity contribution < 1.29 is 43.9 Å². The molecule has 0 aliphatic carbocycles. The lowest BCUT2D eigenvalue weighted by atomic mass is 10.0. The van der Waals surface area contributed by atoms with E-state index in [1.54, 1.807) is 6.92 Å². The molecule has 1 heterocycles. The summed E-state index contributed by atoms with van der Waals surface area (Å²) in [5.74, 6) is -0.818. The average Bonchev–Trinajstić information content (AvgIpc) is 3.16. The molecule has 0 aromatic rings. The molecule has 0 radical (unpaired) electrons. The van der Waals surface area contributed by atoms with Crippen molar-refractivity contribution in [3.63, 3.8) is 0 Å². The predicted octanol–water partition coefficient (Wildman–Crippen LogP) is 9.24. The first-order valence-corrected chi connectivity index (χ1v) is 20.5. The van der Waals surface area contributed by atoms with Crippen LogP contribution < -0.4 is 0 Å². The zero-order chi connectivity index (χ0) is 39.5. The zero-order valence-corrected chi connectivity index (χ0v) is 33.5. The Morgan fingerprint density at radius 3 is 1.56 bits per heavy atom. The van der Waals surface area contributed by atoms with Gasteiger partial charge in [0.25, 0.3) is 0 Å². The number of aliphatic hydroxyl groups is 3. The Morgan fingerprint density at radius 2 is 1.00 bits per heavy atom. The number of rotatable bonds is 31. The van der Waals surface area contributed by atoms with Gasteiger partial charge in [-0.2, -0.15) is 0 Å². The number of hydrogen-bond acceptors (Lipinski definition) is 9. The molecule has 0 unspecified atom stereocenters. The summed E-state index contributed by atoms with van der Waals surface area (Å²) >= 11 is 0. The van der Waals surface area contributed by atoms with Crippen LogP contribution in [0.25, 0.3) is 0 Å². The SMILES string of the molecule is CC/C=C\C/C=C\C/C=C\C/C=C\CCCCC(=O)O[C@H](COC(=O)CCCCCCC/C=C\C/C=C\C/C=C\CC)CO[C@@H]1O[C@H](C)[C@H](O)[C@H](O)[C@H]1O. The van der Waals surface area contributed by atoms with Gasteiger partial charge in [0, 0.05) is 12.8 Å². The molecule has 0 bridgehead atoms. The number of esters is 2. The highest BCUT2D eigenvalue weighted by molar-refractivity contribution is 5.70. The first-order valence-electron chi connectivity index (χ1n) is 20.5. The molecule has 3 N–H and O–H groups in total. The standard InChI is InChI=1S/C45H72O9/c1-4-6-8-10-12-14-16-18-20-22-24-26-28-30-32-34-40(46)51-36-39(37-52-45-44(50)43(49)42(48)38(3)53-45)54-41(47)35-33-31-29-27-25-23-21-19-17-15-13-11-9-7-5-2/h6-9,12-15,18-21,25,27,38-39,42-45,48-50H,4-5,10-11,16-17,22-24,26,28-37H2,1-3H3/b8-6-,9-7-,14-12-,15-13-,20-18-,21-19-,27-25-/t38-,39-,42+,43+,44-,45-/m1/s1. The fourth-order valence-corrected chi connectivity index (χ4v) is 5.49. The van der Waals surface area contributed by atoms with Gasteiger partial charge in [-0.3, -0.25) is 9.59 Å². The van der Waals surface area contributed by atoms with Crippen LogP contribution in [0.15, 0.2) is 85.1 Å². The number of carbonyl (C=O) groups excluding carboxylic acids is 2. The van der Waals surface area contributed by atoms with Crippen molar-refractivity contribution in [2.75, 3.05) is 13.2 Å². The van der Waals surface area contributed by atoms with Crippen molar-refractivity contribution in [2.45, 2.75) is 173 Å². The Kier molecular flexibility index (Phi) is 31.2. The van der Waals surface area contributed by atoms with E-state index < -0.39 is 42.8 Å². The summed E-state index contributed by atoms with van der Waals surface area (Å²) in [7, 11) is 0.